The molecule has 4 rings (SSSR count). The molecular formula is C30H39N5O3S2. The molecule has 1 unspecified atom stereocenters. The molecule has 3 amide bonds. The van der Waals surface area contributed by atoms with Crippen LogP contribution in [0, 0.1) is 0 Å². The summed E-state index contributed by atoms with van der Waals surface area (Å²) in [5, 5.41) is 7.96. The number of carbonyl (C=O) groups excluding carboxylic acids is 3. The molecule has 1 aliphatic carbocycles. The number of nitrogen functional groups attached to an aromatic ring is 1. The first-order valence-electron chi connectivity index (χ1n) is 13.8. The fourth-order valence-electron chi connectivity index (χ4n) is 4.89. The van der Waals surface area contributed by atoms with Crippen molar-refractivity contribution in [3.63, 3.8) is 0 Å². The minimum absolute atomic E-state index is 0.0354. The zero-order chi connectivity index (χ0) is 29.0. The normalized spacial score (nSPS) is 15.1. The zero-order valence-corrected chi connectivity index (χ0v) is 25.5. The molecule has 1 atom stereocenters. The topological polar surface area (TPSA) is 117 Å². The monoisotopic (exact) mass is 581 g/mol. The van der Waals surface area contributed by atoms with E-state index in [-0.39, 0.29) is 34.1 Å². The van der Waals surface area contributed by atoms with Gasteiger partial charge in [0.1, 0.15) is 4.88 Å². The number of rotatable bonds is 8. The molecule has 2 aromatic heterocycles. The fourth-order valence-corrected chi connectivity index (χ4v) is 6.44. The summed E-state index contributed by atoms with van der Waals surface area (Å²) in [6, 6.07) is 10.5. The number of benzene rings is 1. The predicted octanol–water partition coefficient (Wildman–Crippen LogP) is 6.28. The summed E-state index contributed by atoms with van der Waals surface area (Å²) in [4.78, 5) is 43.5. The largest absolute Gasteiger partial charge is 0.395 e. The van der Waals surface area contributed by atoms with E-state index in [1.54, 1.807) is 0 Å². The van der Waals surface area contributed by atoms with E-state index in [0.717, 1.165) is 42.8 Å². The quantitative estimate of drug-likeness (QED) is 0.290. The molecule has 214 valence electrons. The molecule has 0 saturated heterocycles. The second kappa shape index (κ2) is 12.5. The molecular weight excluding hydrogens is 542 g/mol. The van der Waals surface area contributed by atoms with Gasteiger partial charge in [0.25, 0.3) is 11.8 Å². The summed E-state index contributed by atoms with van der Waals surface area (Å²) in [7, 11) is 0. The van der Waals surface area contributed by atoms with Crippen LogP contribution in [0.3, 0.4) is 0 Å². The molecule has 4 N–H and O–H groups in total. The van der Waals surface area contributed by atoms with E-state index < -0.39 is 17.5 Å². The lowest BCUT2D eigenvalue weighted by molar-refractivity contribution is -0.123. The van der Waals surface area contributed by atoms with Gasteiger partial charge in [0.05, 0.1) is 5.69 Å². The number of nitrogens with one attached hydrogen (secondary N) is 2. The van der Waals surface area contributed by atoms with Crippen molar-refractivity contribution in [2.75, 3.05) is 10.6 Å². The van der Waals surface area contributed by atoms with Crippen LogP contribution >= 0.6 is 22.9 Å². The van der Waals surface area contributed by atoms with Gasteiger partial charge in [-0.3, -0.25) is 19.3 Å². The fraction of sp³-hybridized carbons (Fsp3) is 0.467. The van der Waals surface area contributed by atoms with Gasteiger partial charge in [-0.1, -0.05) is 51.3 Å². The smallest absolute Gasteiger partial charge is 0.273 e. The average molecular weight is 582 g/mol. The van der Waals surface area contributed by atoms with E-state index in [9.17, 15) is 14.4 Å². The third kappa shape index (κ3) is 6.90. The van der Waals surface area contributed by atoms with Crippen LogP contribution < -0.4 is 21.3 Å². The molecule has 0 aliphatic heterocycles. The van der Waals surface area contributed by atoms with Crippen LogP contribution in [0.2, 0.25) is 0 Å². The number of amides is 3. The highest BCUT2D eigenvalue weighted by molar-refractivity contribution is 7.10. The third-order valence-corrected chi connectivity index (χ3v) is 8.73. The molecule has 0 bridgehead atoms. The maximum Gasteiger partial charge on any atom is 0.273 e. The molecule has 2 heterocycles. The maximum atomic E-state index is 14.3. The Kier molecular flexibility index (Phi) is 9.30. The van der Waals surface area contributed by atoms with Gasteiger partial charge in [-0.05, 0) is 80.2 Å². The van der Waals surface area contributed by atoms with Crippen LogP contribution in [0.25, 0.3) is 0 Å². The van der Waals surface area contributed by atoms with E-state index in [0.29, 0.717) is 16.5 Å². The zero-order valence-electron chi connectivity index (χ0n) is 23.8. The van der Waals surface area contributed by atoms with E-state index in [1.807, 2.05) is 62.5 Å². The van der Waals surface area contributed by atoms with Crippen molar-refractivity contribution in [3.05, 3.63) is 62.8 Å². The Bertz CT molecular complexity index is 1320. The minimum atomic E-state index is -0.947. The van der Waals surface area contributed by atoms with Crippen molar-refractivity contribution in [3.8, 4) is 0 Å². The first kappa shape index (κ1) is 29.7. The van der Waals surface area contributed by atoms with Gasteiger partial charge in [-0.2, -0.15) is 4.37 Å². The van der Waals surface area contributed by atoms with Crippen LogP contribution in [-0.2, 0) is 4.79 Å². The van der Waals surface area contributed by atoms with Crippen LogP contribution in [0.5, 0.6) is 0 Å². The van der Waals surface area contributed by atoms with Gasteiger partial charge in [-0.25, -0.2) is 0 Å². The van der Waals surface area contributed by atoms with Gasteiger partial charge in [0.15, 0.2) is 11.7 Å². The lowest BCUT2D eigenvalue weighted by Crippen LogP contribution is -2.49. The van der Waals surface area contributed by atoms with Crippen molar-refractivity contribution >= 4 is 52.0 Å². The summed E-state index contributed by atoms with van der Waals surface area (Å²) in [5.74, 6) is -0.855. The highest BCUT2D eigenvalue weighted by Crippen LogP contribution is 2.35. The molecule has 0 spiro atoms. The molecule has 1 aromatic carbocycles. The molecule has 3 aromatic rings. The molecule has 10 heteroatoms. The first-order valence-corrected chi connectivity index (χ1v) is 15.5. The number of nitrogens with two attached hydrogens (primary N) is 1. The van der Waals surface area contributed by atoms with Gasteiger partial charge in [0, 0.05) is 22.1 Å². The van der Waals surface area contributed by atoms with Crippen molar-refractivity contribution < 1.29 is 14.4 Å². The number of thiophene rings is 1. The summed E-state index contributed by atoms with van der Waals surface area (Å²) < 4.78 is 4.30. The summed E-state index contributed by atoms with van der Waals surface area (Å²) >= 11 is 2.29. The van der Waals surface area contributed by atoms with Crippen molar-refractivity contribution in [2.24, 2.45) is 0 Å². The van der Waals surface area contributed by atoms with Crippen LogP contribution in [0.15, 0.2) is 41.8 Å². The number of hydrogen-bond donors (Lipinski definition) is 3. The second-order valence-corrected chi connectivity index (χ2v) is 13.4. The molecule has 1 fully saturated rings. The summed E-state index contributed by atoms with van der Waals surface area (Å²) in [6.45, 7) is 9.90. The molecule has 0 radical (unpaired) electrons. The second-order valence-electron chi connectivity index (χ2n) is 11.7. The van der Waals surface area contributed by atoms with Gasteiger partial charge < -0.3 is 16.4 Å². The van der Waals surface area contributed by atoms with Crippen molar-refractivity contribution in [2.45, 2.75) is 90.3 Å². The Hall–Kier alpha value is -3.24. The Morgan fingerprint density at radius 1 is 1.05 bits per heavy atom. The molecule has 1 aliphatic rings. The Labute approximate surface area is 244 Å². The average Bonchev–Trinajstić information content (AvgIpc) is 3.56. The van der Waals surface area contributed by atoms with E-state index in [1.165, 1.54) is 22.7 Å². The van der Waals surface area contributed by atoms with E-state index in [2.05, 4.69) is 28.9 Å². The van der Waals surface area contributed by atoms with Gasteiger partial charge in [0.2, 0.25) is 5.91 Å². The lowest BCUT2D eigenvalue weighted by atomic mass is 9.95. The van der Waals surface area contributed by atoms with Gasteiger partial charge >= 0.3 is 0 Å². The Balaban J connectivity index is 1.75. The van der Waals surface area contributed by atoms with Crippen molar-refractivity contribution in [1.29, 1.82) is 0 Å². The summed E-state index contributed by atoms with van der Waals surface area (Å²) in [6.07, 6.45) is 5.17. The maximum absolute atomic E-state index is 14.3. The number of hydrogen-bond acceptors (Lipinski definition) is 7. The SMILES string of the molecule is CC(C)c1ccc(N(C(=O)c2snc(C(=O)NC3CCCCC3)c2N)C(C(=O)NC(C)(C)C)c2cccs2)cc1. The number of aromatic nitrogens is 1. The van der Waals surface area contributed by atoms with E-state index in [4.69, 9.17) is 5.73 Å². The van der Waals surface area contributed by atoms with Crippen LogP contribution in [0.1, 0.15) is 109 Å². The third-order valence-electron chi connectivity index (χ3n) is 6.95. The van der Waals surface area contributed by atoms with Crippen molar-refractivity contribution in [1.82, 2.24) is 15.0 Å². The lowest BCUT2D eigenvalue weighted by Gasteiger charge is -2.33. The number of anilines is 2. The Morgan fingerprint density at radius 3 is 2.30 bits per heavy atom. The van der Waals surface area contributed by atoms with Gasteiger partial charge in [-0.15, -0.1) is 11.3 Å². The molecule has 8 nitrogen and oxygen atoms in total. The standard InChI is InChI=1S/C30H39N5O3S2/c1-18(2)19-13-15-21(16-14-19)35(25(22-12-9-17-39-22)28(37)33-30(3,4)5)29(38)26-23(31)24(34-40-26)27(36)32-20-10-7-6-8-11-20/h9,12-18,20,25H,6-8,10-11,31H2,1-5H3,(H,32,36)(H,33,37). The minimum Gasteiger partial charge on any atom is -0.395 e. The Morgan fingerprint density at radius 2 is 1.73 bits per heavy atom. The molecule has 40 heavy (non-hydrogen) atoms. The van der Waals surface area contributed by atoms with Crippen LogP contribution in [-0.4, -0.2) is 33.7 Å². The summed E-state index contributed by atoms with van der Waals surface area (Å²) in [5.41, 5.74) is 7.67. The highest BCUT2D eigenvalue weighted by Gasteiger charge is 2.38. The number of carbonyl (C=O) groups is 3. The van der Waals surface area contributed by atoms with E-state index >= 15 is 0 Å². The highest BCUT2D eigenvalue weighted by atomic mass is 32.1. The first-order chi connectivity index (χ1) is 19.0. The predicted molar refractivity (Wildman–Crippen MR) is 163 cm³/mol. The van der Waals surface area contributed by atoms with Crippen LogP contribution in [0.4, 0.5) is 11.4 Å². The number of nitrogens with zero attached hydrogens (tertiary/aromatic N) is 2. The molecule has 1 saturated carbocycles.